The second-order valence-corrected chi connectivity index (χ2v) is 5.34. The van der Waals surface area contributed by atoms with Gasteiger partial charge in [-0.3, -0.25) is 4.98 Å². The molecule has 0 spiro atoms. The first-order valence-corrected chi connectivity index (χ1v) is 6.56. The summed E-state index contributed by atoms with van der Waals surface area (Å²) in [4.78, 5) is 3.70. The summed E-state index contributed by atoms with van der Waals surface area (Å²) in [6, 6.07) is 1.42. The van der Waals surface area contributed by atoms with Crippen LogP contribution in [-0.4, -0.2) is 42.5 Å². The first-order valence-electron chi connectivity index (χ1n) is 4.74. The molecule has 0 saturated carbocycles. The molecular formula is C9H13ClN2O3S. The minimum absolute atomic E-state index is 0.0352. The Bertz CT molecular complexity index is 450. The second-order valence-electron chi connectivity index (χ2n) is 3.03. The van der Waals surface area contributed by atoms with Gasteiger partial charge >= 0.3 is 0 Å². The fraction of sp³-hybridized carbons (Fsp3) is 0.444. The predicted octanol–water partition coefficient (Wildman–Crippen LogP) is 0.738. The lowest BCUT2D eigenvalue weighted by Crippen LogP contribution is -2.33. The van der Waals surface area contributed by atoms with Crippen molar-refractivity contribution in [1.29, 1.82) is 0 Å². The first-order chi connectivity index (χ1) is 7.54. The maximum atomic E-state index is 12.1. The van der Waals surface area contributed by atoms with Gasteiger partial charge in [-0.25, -0.2) is 8.42 Å². The maximum Gasteiger partial charge on any atom is 0.246 e. The van der Waals surface area contributed by atoms with Crippen LogP contribution in [0.2, 0.25) is 5.02 Å². The molecule has 0 radical (unpaired) electrons. The summed E-state index contributed by atoms with van der Waals surface area (Å²) >= 11 is 5.80. The number of aromatic nitrogens is 1. The molecule has 0 bridgehead atoms. The van der Waals surface area contributed by atoms with Crippen molar-refractivity contribution in [2.75, 3.05) is 19.7 Å². The summed E-state index contributed by atoms with van der Waals surface area (Å²) < 4.78 is 25.3. The number of sulfonamides is 1. The van der Waals surface area contributed by atoms with E-state index in [1.807, 2.05) is 0 Å². The predicted molar refractivity (Wildman–Crippen MR) is 60.8 cm³/mol. The molecule has 5 nitrogen and oxygen atoms in total. The summed E-state index contributed by atoms with van der Waals surface area (Å²) in [5.41, 5.74) is 0. The van der Waals surface area contributed by atoms with Crippen LogP contribution in [0.5, 0.6) is 0 Å². The maximum absolute atomic E-state index is 12.1. The fourth-order valence-corrected chi connectivity index (χ4v) is 3.10. The number of halogens is 1. The molecule has 1 aromatic heterocycles. The highest BCUT2D eigenvalue weighted by atomic mass is 35.5. The summed E-state index contributed by atoms with van der Waals surface area (Å²) in [5.74, 6) is 0. The van der Waals surface area contributed by atoms with Crippen LogP contribution in [0.25, 0.3) is 0 Å². The molecule has 16 heavy (non-hydrogen) atoms. The Morgan fingerprint density at radius 2 is 2.25 bits per heavy atom. The molecule has 0 fully saturated rings. The number of rotatable bonds is 5. The Labute approximate surface area is 99.7 Å². The van der Waals surface area contributed by atoms with Crippen molar-refractivity contribution in [2.45, 2.75) is 11.8 Å². The van der Waals surface area contributed by atoms with Gasteiger partial charge in [-0.2, -0.15) is 4.31 Å². The molecule has 90 valence electrons. The van der Waals surface area contributed by atoms with E-state index in [4.69, 9.17) is 16.7 Å². The minimum Gasteiger partial charge on any atom is -0.395 e. The van der Waals surface area contributed by atoms with Gasteiger partial charge in [0.1, 0.15) is 4.90 Å². The number of likely N-dealkylation sites (N-methyl/N-ethyl adjacent to an activating group) is 1. The Morgan fingerprint density at radius 3 is 2.75 bits per heavy atom. The van der Waals surface area contributed by atoms with Gasteiger partial charge in [0, 0.05) is 25.5 Å². The number of nitrogens with zero attached hydrogens (tertiary/aromatic N) is 2. The first kappa shape index (κ1) is 13.4. The molecule has 0 unspecified atom stereocenters. The quantitative estimate of drug-likeness (QED) is 0.852. The summed E-state index contributed by atoms with van der Waals surface area (Å²) in [6.07, 6.45) is 2.63. The van der Waals surface area contributed by atoms with Crippen molar-refractivity contribution in [3.8, 4) is 0 Å². The van der Waals surface area contributed by atoms with E-state index in [1.54, 1.807) is 6.92 Å². The SMILES string of the molecule is CCN(CCO)S(=O)(=O)c1cnccc1Cl. The third-order valence-corrected chi connectivity index (χ3v) is 4.50. The van der Waals surface area contributed by atoms with Crippen molar-refractivity contribution in [3.63, 3.8) is 0 Å². The average Bonchev–Trinajstić information content (AvgIpc) is 2.26. The van der Waals surface area contributed by atoms with Crippen LogP contribution in [0.4, 0.5) is 0 Å². The van der Waals surface area contributed by atoms with E-state index in [0.29, 0.717) is 0 Å². The van der Waals surface area contributed by atoms with Crippen LogP contribution < -0.4 is 0 Å². The van der Waals surface area contributed by atoms with Gasteiger partial charge in [-0.05, 0) is 6.07 Å². The largest absolute Gasteiger partial charge is 0.395 e. The smallest absolute Gasteiger partial charge is 0.246 e. The van der Waals surface area contributed by atoms with Crippen LogP contribution >= 0.6 is 11.6 Å². The Balaban J connectivity index is 3.15. The van der Waals surface area contributed by atoms with Crippen LogP contribution in [0.1, 0.15) is 6.92 Å². The topological polar surface area (TPSA) is 70.5 Å². The van der Waals surface area contributed by atoms with E-state index in [0.717, 1.165) is 4.31 Å². The Kier molecular flexibility index (Phi) is 4.67. The van der Waals surface area contributed by atoms with Crippen LogP contribution in [-0.2, 0) is 10.0 Å². The Morgan fingerprint density at radius 1 is 1.56 bits per heavy atom. The standard InChI is InChI=1S/C9H13ClN2O3S/c1-2-12(5-6-13)16(14,15)9-7-11-4-3-8(9)10/h3-4,7,13H,2,5-6H2,1H3. The molecule has 0 aromatic carbocycles. The van der Waals surface area contributed by atoms with Crippen LogP contribution in [0, 0.1) is 0 Å². The number of pyridine rings is 1. The van der Waals surface area contributed by atoms with E-state index < -0.39 is 10.0 Å². The van der Waals surface area contributed by atoms with Crippen molar-refractivity contribution in [3.05, 3.63) is 23.5 Å². The molecule has 1 rings (SSSR count). The number of hydrogen-bond donors (Lipinski definition) is 1. The fourth-order valence-electron chi connectivity index (χ4n) is 1.25. The molecule has 1 heterocycles. The molecule has 0 aliphatic heterocycles. The molecular weight excluding hydrogens is 252 g/mol. The van der Waals surface area contributed by atoms with E-state index in [1.165, 1.54) is 18.5 Å². The van der Waals surface area contributed by atoms with E-state index >= 15 is 0 Å². The molecule has 0 aliphatic carbocycles. The molecule has 0 aliphatic rings. The normalized spacial score (nSPS) is 12.0. The second kappa shape index (κ2) is 5.58. The number of aliphatic hydroxyl groups is 1. The van der Waals surface area contributed by atoms with Gasteiger partial charge in [-0.15, -0.1) is 0 Å². The van der Waals surface area contributed by atoms with Crippen LogP contribution in [0.15, 0.2) is 23.4 Å². The number of aliphatic hydroxyl groups excluding tert-OH is 1. The lowest BCUT2D eigenvalue weighted by atomic mass is 10.5. The molecule has 7 heteroatoms. The molecule has 0 saturated heterocycles. The average molecular weight is 265 g/mol. The van der Waals surface area contributed by atoms with E-state index in [9.17, 15) is 8.42 Å². The van der Waals surface area contributed by atoms with Crippen molar-refractivity contribution >= 4 is 21.6 Å². The van der Waals surface area contributed by atoms with Crippen molar-refractivity contribution in [2.24, 2.45) is 0 Å². The van der Waals surface area contributed by atoms with Gasteiger partial charge in [0.2, 0.25) is 10.0 Å². The van der Waals surface area contributed by atoms with Gasteiger partial charge in [0.15, 0.2) is 0 Å². The summed E-state index contributed by atoms with van der Waals surface area (Å²) in [5, 5.41) is 8.92. The van der Waals surface area contributed by atoms with Gasteiger partial charge in [0.05, 0.1) is 11.6 Å². The molecule has 0 atom stereocenters. The van der Waals surface area contributed by atoms with Crippen molar-refractivity contribution < 1.29 is 13.5 Å². The minimum atomic E-state index is -3.67. The summed E-state index contributed by atoms with van der Waals surface area (Å²) in [7, 11) is -3.67. The highest BCUT2D eigenvalue weighted by molar-refractivity contribution is 7.89. The highest BCUT2D eigenvalue weighted by Gasteiger charge is 2.25. The third kappa shape index (κ3) is 2.70. The lowest BCUT2D eigenvalue weighted by Gasteiger charge is -2.19. The molecule has 0 amide bonds. The zero-order chi connectivity index (χ0) is 12.2. The van der Waals surface area contributed by atoms with E-state index in [-0.39, 0.29) is 29.6 Å². The van der Waals surface area contributed by atoms with Crippen LogP contribution in [0.3, 0.4) is 0 Å². The van der Waals surface area contributed by atoms with Gasteiger partial charge < -0.3 is 5.11 Å². The summed E-state index contributed by atoms with van der Waals surface area (Å²) in [6.45, 7) is 1.78. The molecule has 1 N–H and O–H groups in total. The Hall–Kier alpha value is -0.690. The van der Waals surface area contributed by atoms with Crippen molar-refractivity contribution in [1.82, 2.24) is 9.29 Å². The lowest BCUT2D eigenvalue weighted by molar-refractivity contribution is 0.257. The highest BCUT2D eigenvalue weighted by Crippen LogP contribution is 2.22. The zero-order valence-corrected chi connectivity index (χ0v) is 10.4. The van der Waals surface area contributed by atoms with Gasteiger partial charge in [-0.1, -0.05) is 18.5 Å². The molecule has 1 aromatic rings. The van der Waals surface area contributed by atoms with Gasteiger partial charge in [0.25, 0.3) is 0 Å². The monoisotopic (exact) mass is 264 g/mol. The van der Waals surface area contributed by atoms with E-state index in [2.05, 4.69) is 4.98 Å². The zero-order valence-electron chi connectivity index (χ0n) is 8.80. The number of hydrogen-bond acceptors (Lipinski definition) is 4. The third-order valence-electron chi connectivity index (χ3n) is 2.05.